The third-order valence-electron chi connectivity index (χ3n) is 6.20. The van der Waals surface area contributed by atoms with Gasteiger partial charge in [-0.2, -0.15) is 5.10 Å². The first-order valence-corrected chi connectivity index (χ1v) is 13.0. The number of amides is 2. The van der Waals surface area contributed by atoms with E-state index in [-0.39, 0.29) is 30.3 Å². The van der Waals surface area contributed by atoms with E-state index in [1.807, 2.05) is 43.3 Å². The predicted molar refractivity (Wildman–Crippen MR) is 143 cm³/mol. The van der Waals surface area contributed by atoms with Gasteiger partial charge in [-0.25, -0.2) is 4.68 Å². The fourth-order valence-corrected chi connectivity index (χ4v) is 4.04. The number of nitrogens with zero attached hydrogens (tertiary/aromatic N) is 3. The Kier molecular flexibility index (Phi) is 9.51. The number of hydrogen-bond donors (Lipinski definition) is 1. The molecule has 2 amide bonds. The van der Waals surface area contributed by atoms with Gasteiger partial charge in [0.25, 0.3) is 0 Å². The van der Waals surface area contributed by atoms with Gasteiger partial charge < -0.3 is 14.6 Å². The average molecular weight is 493 g/mol. The molecule has 0 aliphatic carbocycles. The Morgan fingerprint density at radius 1 is 1.06 bits per heavy atom. The predicted octanol–water partition coefficient (Wildman–Crippen LogP) is 6.40. The molecule has 3 aromatic rings. The summed E-state index contributed by atoms with van der Waals surface area (Å²) in [5, 5.41) is 7.83. The molecule has 0 aliphatic heterocycles. The second kappa shape index (κ2) is 12.6. The van der Waals surface area contributed by atoms with Crippen molar-refractivity contribution in [3.8, 4) is 5.69 Å². The number of carbonyl (C=O) groups excluding carboxylic acids is 2. The van der Waals surface area contributed by atoms with Crippen LogP contribution in [0, 0.1) is 6.92 Å². The molecule has 0 saturated carbocycles. The SMILES string of the molecule is CCCCCCCC(=O)N(CC(=O)Nc1cc(C(C)(C)C)nn1-c1ccccc1C)Cc1ccco1. The highest BCUT2D eigenvalue weighted by atomic mass is 16.3. The number of nitrogens with one attached hydrogen (secondary N) is 1. The summed E-state index contributed by atoms with van der Waals surface area (Å²) in [5.41, 5.74) is 2.64. The van der Waals surface area contributed by atoms with E-state index in [0.717, 1.165) is 42.6 Å². The molecule has 7 nitrogen and oxygen atoms in total. The zero-order chi connectivity index (χ0) is 26.1. The van der Waals surface area contributed by atoms with E-state index in [9.17, 15) is 9.59 Å². The van der Waals surface area contributed by atoms with Crippen molar-refractivity contribution in [2.45, 2.75) is 85.1 Å². The molecule has 1 N–H and O–H groups in total. The number of anilines is 1. The number of rotatable bonds is 12. The minimum Gasteiger partial charge on any atom is -0.467 e. The first-order valence-electron chi connectivity index (χ1n) is 13.0. The first-order chi connectivity index (χ1) is 17.2. The maximum atomic E-state index is 13.2. The normalized spacial score (nSPS) is 11.5. The molecule has 1 aromatic carbocycles. The molecule has 0 bridgehead atoms. The molecule has 36 heavy (non-hydrogen) atoms. The lowest BCUT2D eigenvalue weighted by Crippen LogP contribution is -2.37. The Balaban J connectivity index is 1.77. The second-order valence-electron chi connectivity index (χ2n) is 10.4. The molecule has 3 rings (SSSR count). The highest BCUT2D eigenvalue weighted by Crippen LogP contribution is 2.27. The molecule has 2 aromatic heterocycles. The van der Waals surface area contributed by atoms with Crippen molar-refractivity contribution < 1.29 is 14.0 Å². The lowest BCUT2D eigenvalue weighted by molar-refractivity contribution is -0.135. The highest BCUT2D eigenvalue weighted by molar-refractivity contribution is 5.94. The van der Waals surface area contributed by atoms with Crippen LogP contribution in [0.15, 0.2) is 53.1 Å². The van der Waals surface area contributed by atoms with Gasteiger partial charge in [0.15, 0.2) is 0 Å². The van der Waals surface area contributed by atoms with E-state index in [0.29, 0.717) is 18.0 Å². The van der Waals surface area contributed by atoms with Gasteiger partial charge in [-0.3, -0.25) is 9.59 Å². The molecule has 0 unspecified atom stereocenters. The number of benzene rings is 1. The second-order valence-corrected chi connectivity index (χ2v) is 10.4. The maximum absolute atomic E-state index is 13.2. The monoisotopic (exact) mass is 492 g/mol. The first kappa shape index (κ1) is 27.2. The molecule has 0 saturated heterocycles. The molecular formula is C29H40N4O3. The number of carbonyl (C=O) groups is 2. The third-order valence-corrected chi connectivity index (χ3v) is 6.20. The van der Waals surface area contributed by atoms with Gasteiger partial charge in [-0.15, -0.1) is 0 Å². The molecule has 194 valence electrons. The lowest BCUT2D eigenvalue weighted by atomic mass is 9.92. The van der Waals surface area contributed by atoms with Gasteiger partial charge in [-0.1, -0.05) is 71.6 Å². The van der Waals surface area contributed by atoms with E-state index in [1.165, 1.54) is 6.42 Å². The van der Waals surface area contributed by atoms with Crippen LogP contribution in [0.2, 0.25) is 0 Å². The zero-order valence-electron chi connectivity index (χ0n) is 22.3. The van der Waals surface area contributed by atoms with Crippen LogP contribution in [0.5, 0.6) is 0 Å². The van der Waals surface area contributed by atoms with Gasteiger partial charge in [0.2, 0.25) is 11.8 Å². The van der Waals surface area contributed by atoms with Crippen LogP contribution in [0.1, 0.15) is 83.2 Å². The van der Waals surface area contributed by atoms with Crippen LogP contribution in [-0.4, -0.2) is 33.0 Å². The van der Waals surface area contributed by atoms with E-state index in [4.69, 9.17) is 9.52 Å². The van der Waals surface area contributed by atoms with Crippen molar-refractivity contribution >= 4 is 17.6 Å². The lowest BCUT2D eigenvalue weighted by Gasteiger charge is -2.21. The Labute approximate surface area is 214 Å². The molecule has 0 fully saturated rings. The van der Waals surface area contributed by atoms with Gasteiger partial charge in [0.05, 0.1) is 24.2 Å². The summed E-state index contributed by atoms with van der Waals surface area (Å²) < 4.78 is 7.24. The zero-order valence-corrected chi connectivity index (χ0v) is 22.3. The largest absolute Gasteiger partial charge is 0.467 e. The van der Waals surface area contributed by atoms with Crippen LogP contribution in [0.4, 0.5) is 5.82 Å². The van der Waals surface area contributed by atoms with Crippen molar-refractivity contribution in [3.63, 3.8) is 0 Å². The molecule has 0 radical (unpaired) electrons. The van der Waals surface area contributed by atoms with Gasteiger partial charge >= 0.3 is 0 Å². The molecule has 2 heterocycles. The summed E-state index contributed by atoms with van der Waals surface area (Å²) in [4.78, 5) is 27.8. The Bertz CT molecular complexity index is 1130. The summed E-state index contributed by atoms with van der Waals surface area (Å²) in [7, 11) is 0. The number of furan rings is 1. The van der Waals surface area contributed by atoms with Gasteiger partial charge in [0, 0.05) is 17.9 Å². The van der Waals surface area contributed by atoms with Crippen LogP contribution in [0.25, 0.3) is 5.69 Å². The van der Waals surface area contributed by atoms with Crippen LogP contribution < -0.4 is 5.32 Å². The summed E-state index contributed by atoms with van der Waals surface area (Å²) in [6.45, 7) is 10.7. The number of hydrogen-bond acceptors (Lipinski definition) is 4. The average Bonchev–Trinajstić information content (AvgIpc) is 3.49. The topological polar surface area (TPSA) is 80.4 Å². The van der Waals surface area contributed by atoms with E-state index in [2.05, 4.69) is 33.0 Å². The van der Waals surface area contributed by atoms with Gasteiger partial charge in [-0.05, 0) is 37.1 Å². The van der Waals surface area contributed by atoms with Crippen LogP contribution in [0.3, 0.4) is 0 Å². The highest BCUT2D eigenvalue weighted by Gasteiger charge is 2.24. The molecule has 0 spiro atoms. The van der Waals surface area contributed by atoms with Crippen molar-refractivity contribution in [1.82, 2.24) is 14.7 Å². The summed E-state index contributed by atoms with van der Waals surface area (Å²) in [5.74, 6) is 0.934. The number of para-hydroxylation sites is 1. The smallest absolute Gasteiger partial charge is 0.245 e. The summed E-state index contributed by atoms with van der Waals surface area (Å²) in [6.07, 6.45) is 7.31. The van der Waals surface area contributed by atoms with Gasteiger partial charge in [0.1, 0.15) is 18.1 Å². The van der Waals surface area contributed by atoms with Crippen molar-refractivity contribution in [2.75, 3.05) is 11.9 Å². The Morgan fingerprint density at radius 2 is 1.81 bits per heavy atom. The van der Waals surface area contributed by atoms with Crippen LogP contribution >= 0.6 is 0 Å². The minimum atomic E-state index is -0.268. The van der Waals surface area contributed by atoms with E-state index < -0.39 is 0 Å². The summed E-state index contributed by atoms with van der Waals surface area (Å²) in [6, 6.07) is 13.5. The molecule has 0 aliphatic rings. The Hall–Kier alpha value is -3.35. The van der Waals surface area contributed by atoms with Crippen molar-refractivity contribution in [1.29, 1.82) is 0 Å². The number of aromatic nitrogens is 2. The fraction of sp³-hybridized carbons (Fsp3) is 0.483. The van der Waals surface area contributed by atoms with E-state index >= 15 is 0 Å². The van der Waals surface area contributed by atoms with E-state index in [1.54, 1.807) is 21.9 Å². The minimum absolute atomic E-state index is 0.0409. The van der Waals surface area contributed by atoms with Crippen molar-refractivity contribution in [2.24, 2.45) is 0 Å². The molecular weight excluding hydrogens is 452 g/mol. The van der Waals surface area contributed by atoms with Crippen molar-refractivity contribution in [3.05, 3.63) is 65.7 Å². The maximum Gasteiger partial charge on any atom is 0.245 e. The fourth-order valence-electron chi connectivity index (χ4n) is 4.04. The molecule has 0 atom stereocenters. The third kappa shape index (κ3) is 7.57. The summed E-state index contributed by atoms with van der Waals surface area (Å²) >= 11 is 0. The quantitative estimate of drug-likeness (QED) is 0.297. The standard InChI is InChI=1S/C29H40N4O3/c1-6-7-8-9-10-17-28(35)32(20-23-15-13-18-36-23)21-27(34)30-26-19-25(29(3,4)5)31-33(26)24-16-12-11-14-22(24)2/h11-16,18-19H,6-10,17,20-21H2,1-5H3,(H,30,34). The number of unbranched alkanes of at least 4 members (excludes halogenated alkanes) is 4. The molecule has 7 heteroatoms. The number of aryl methyl sites for hydroxylation is 1. The van der Waals surface area contributed by atoms with Crippen LogP contribution in [-0.2, 0) is 21.5 Å². The Morgan fingerprint density at radius 3 is 2.47 bits per heavy atom.